The van der Waals surface area contributed by atoms with E-state index >= 15 is 0 Å². The van der Waals surface area contributed by atoms with Crippen LogP contribution in [0, 0.1) is 17.8 Å². The fourth-order valence-corrected chi connectivity index (χ4v) is 5.66. The van der Waals surface area contributed by atoms with Crippen LogP contribution in [0.15, 0.2) is 24.3 Å². The van der Waals surface area contributed by atoms with E-state index in [-0.39, 0.29) is 0 Å². The topological polar surface area (TPSA) is 6.48 Å². The zero-order chi connectivity index (χ0) is 17.2. The van der Waals surface area contributed by atoms with Gasteiger partial charge in [-0.25, -0.2) is 0 Å². The SMILES string of the molecule is CC(C)CN1CC2CCC(c3ccc(CCN4CCCC4)cc3)C2C1. The molecule has 25 heavy (non-hydrogen) atoms. The monoisotopic (exact) mass is 340 g/mol. The first kappa shape index (κ1) is 17.5. The summed E-state index contributed by atoms with van der Waals surface area (Å²) in [6.45, 7) is 12.6. The van der Waals surface area contributed by atoms with Crippen molar-refractivity contribution in [3.05, 3.63) is 35.4 Å². The molecule has 0 bridgehead atoms. The second kappa shape index (κ2) is 7.80. The zero-order valence-corrected chi connectivity index (χ0v) is 16.3. The van der Waals surface area contributed by atoms with Crippen molar-refractivity contribution in [2.45, 2.75) is 51.9 Å². The van der Waals surface area contributed by atoms with Crippen molar-refractivity contribution >= 4 is 0 Å². The van der Waals surface area contributed by atoms with Crippen LogP contribution in [0.4, 0.5) is 0 Å². The summed E-state index contributed by atoms with van der Waals surface area (Å²) >= 11 is 0. The molecule has 0 amide bonds. The maximum absolute atomic E-state index is 2.73. The second-order valence-electron chi connectivity index (χ2n) is 9.26. The van der Waals surface area contributed by atoms with Crippen molar-refractivity contribution in [1.29, 1.82) is 0 Å². The van der Waals surface area contributed by atoms with Crippen LogP contribution in [0.5, 0.6) is 0 Å². The van der Waals surface area contributed by atoms with Gasteiger partial charge < -0.3 is 9.80 Å². The Hall–Kier alpha value is -0.860. The Kier molecular flexibility index (Phi) is 5.47. The maximum atomic E-state index is 2.73. The third-order valence-electron chi connectivity index (χ3n) is 6.88. The van der Waals surface area contributed by atoms with Gasteiger partial charge in [0.1, 0.15) is 0 Å². The van der Waals surface area contributed by atoms with Crippen molar-refractivity contribution in [1.82, 2.24) is 9.80 Å². The number of fused-ring (bicyclic) bond motifs is 1. The highest BCUT2D eigenvalue weighted by Crippen LogP contribution is 2.47. The molecule has 2 nitrogen and oxygen atoms in total. The van der Waals surface area contributed by atoms with Crippen molar-refractivity contribution in [3.63, 3.8) is 0 Å². The Bertz CT molecular complexity index is 544. The molecular formula is C23H36N2. The van der Waals surface area contributed by atoms with Gasteiger partial charge in [-0.15, -0.1) is 0 Å². The van der Waals surface area contributed by atoms with Crippen LogP contribution in [0.2, 0.25) is 0 Å². The van der Waals surface area contributed by atoms with E-state index in [1.165, 1.54) is 76.9 Å². The predicted molar refractivity (Wildman–Crippen MR) is 106 cm³/mol. The van der Waals surface area contributed by atoms with Gasteiger partial charge in [0.15, 0.2) is 0 Å². The molecular weight excluding hydrogens is 304 g/mol. The second-order valence-corrected chi connectivity index (χ2v) is 9.26. The summed E-state index contributed by atoms with van der Waals surface area (Å²) in [5.74, 6) is 3.48. The first-order valence-corrected chi connectivity index (χ1v) is 10.7. The largest absolute Gasteiger partial charge is 0.303 e. The lowest BCUT2D eigenvalue weighted by molar-refractivity contribution is 0.272. The molecule has 0 N–H and O–H groups in total. The number of hydrogen-bond acceptors (Lipinski definition) is 2. The standard InChI is InChI=1S/C23H36N2/c1-18(2)15-25-16-21-9-10-22(23(21)17-25)20-7-5-19(6-8-20)11-14-24-12-3-4-13-24/h5-8,18,21-23H,3-4,9-17H2,1-2H3. The number of rotatable bonds is 6. The molecule has 3 atom stereocenters. The Morgan fingerprint density at radius 1 is 0.960 bits per heavy atom. The third kappa shape index (κ3) is 4.11. The first-order chi connectivity index (χ1) is 12.2. The normalized spacial score (nSPS) is 30.4. The van der Waals surface area contributed by atoms with Gasteiger partial charge in [-0.05, 0) is 80.0 Å². The Morgan fingerprint density at radius 3 is 2.44 bits per heavy atom. The Balaban J connectivity index is 1.34. The summed E-state index contributed by atoms with van der Waals surface area (Å²) in [6, 6.07) is 9.74. The molecule has 2 aliphatic heterocycles. The van der Waals surface area contributed by atoms with Crippen molar-refractivity contribution in [2.24, 2.45) is 17.8 Å². The Morgan fingerprint density at radius 2 is 1.72 bits per heavy atom. The van der Waals surface area contributed by atoms with E-state index in [1.54, 1.807) is 5.56 Å². The van der Waals surface area contributed by atoms with E-state index < -0.39 is 0 Å². The number of hydrogen-bond donors (Lipinski definition) is 0. The van der Waals surface area contributed by atoms with Crippen LogP contribution in [0.3, 0.4) is 0 Å². The summed E-state index contributed by atoms with van der Waals surface area (Å²) in [4.78, 5) is 5.36. The summed E-state index contributed by atoms with van der Waals surface area (Å²) in [5.41, 5.74) is 3.14. The van der Waals surface area contributed by atoms with Crippen LogP contribution in [0.1, 0.15) is 56.6 Å². The van der Waals surface area contributed by atoms with Crippen LogP contribution >= 0.6 is 0 Å². The minimum absolute atomic E-state index is 0.798. The van der Waals surface area contributed by atoms with E-state index in [2.05, 4.69) is 47.9 Å². The summed E-state index contributed by atoms with van der Waals surface area (Å²) in [7, 11) is 0. The molecule has 1 aromatic carbocycles. The smallest absolute Gasteiger partial charge is 0.00218 e. The van der Waals surface area contributed by atoms with Gasteiger partial charge in [0.2, 0.25) is 0 Å². The van der Waals surface area contributed by atoms with Crippen LogP contribution in [-0.4, -0.2) is 49.1 Å². The van der Waals surface area contributed by atoms with Crippen LogP contribution in [0.25, 0.3) is 0 Å². The summed E-state index contributed by atoms with van der Waals surface area (Å²) in [5, 5.41) is 0. The van der Waals surface area contributed by atoms with Gasteiger partial charge in [-0.3, -0.25) is 0 Å². The molecule has 1 aliphatic carbocycles. The van der Waals surface area contributed by atoms with E-state index in [0.717, 1.165) is 23.7 Å². The number of likely N-dealkylation sites (tertiary alicyclic amines) is 2. The van der Waals surface area contributed by atoms with E-state index in [0.29, 0.717) is 0 Å². The molecule has 0 aromatic heterocycles. The van der Waals surface area contributed by atoms with E-state index in [4.69, 9.17) is 0 Å². The molecule has 2 saturated heterocycles. The number of benzene rings is 1. The zero-order valence-electron chi connectivity index (χ0n) is 16.3. The molecule has 4 rings (SSSR count). The molecule has 138 valence electrons. The van der Waals surface area contributed by atoms with Crippen molar-refractivity contribution < 1.29 is 0 Å². The quantitative estimate of drug-likeness (QED) is 0.757. The molecule has 2 heteroatoms. The van der Waals surface area contributed by atoms with Gasteiger partial charge >= 0.3 is 0 Å². The molecule has 3 aliphatic rings. The summed E-state index contributed by atoms with van der Waals surface area (Å²) < 4.78 is 0. The molecule has 3 fully saturated rings. The van der Waals surface area contributed by atoms with Crippen LogP contribution < -0.4 is 0 Å². The van der Waals surface area contributed by atoms with E-state index in [9.17, 15) is 0 Å². The lowest BCUT2D eigenvalue weighted by atomic mass is 9.86. The number of nitrogens with zero attached hydrogens (tertiary/aromatic N) is 2. The van der Waals surface area contributed by atoms with Gasteiger partial charge in [0.25, 0.3) is 0 Å². The predicted octanol–water partition coefficient (Wildman–Crippen LogP) is 4.41. The van der Waals surface area contributed by atoms with Crippen molar-refractivity contribution in [3.8, 4) is 0 Å². The van der Waals surface area contributed by atoms with E-state index in [1.807, 2.05) is 0 Å². The highest BCUT2D eigenvalue weighted by molar-refractivity contribution is 5.28. The highest BCUT2D eigenvalue weighted by atomic mass is 15.2. The molecule has 3 unspecified atom stereocenters. The lowest BCUT2D eigenvalue weighted by Gasteiger charge is -2.22. The fourth-order valence-electron chi connectivity index (χ4n) is 5.66. The van der Waals surface area contributed by atoms with Gasteiger partial charge in [0, 0.05) is 26.2 Å². The summed E-state index contributed by atoms with van der Waals surface area (Å²) in [6.07, 6.45) is 6.88. The van der Waals surface area contributed by atoms with Crippen LogP contribution in [-0.2, 0) is 6.42 Å². The highest BCUT2D eigenvalue weighted by Gasteiger charge is 2.42. The third-order valence-corrected chi connectivity index (χ3v) is 6.88. The molecule has 1 saturated carbocycles. The minimum atomic E-state index is 0.798. The first-order valence-electron chi connectivity index (χ1n) is 10.7. The lowest BCUT2D eigenvalue weighted by Crippen LogP contribution is -2.26. The molecule has 0 radical (unpaired) electrons. The molecule has 0 spiro atoms. The average molecular weight is 341 g/mol. The van der Waals surface area contributed by atoms with Gasteiger partial charge in [-0.1, -0.05) is 38.1 Å². The maximum Gasteiger partial charge on any atom is 0.00218 e. The molecule has 1 aromatic rings. The van der Waals surface area contributed by atoms with Gasteiger partial charge in [0.05, 0.1) is 0 Å². The Labute approximate surface area is 154 Å². The van der Waals surface area contributed by atoms with Gasteiger partial charge in [-0.2, -0.15) is 0 Å². The molecule has 2 heterocycles. The van der Waals surface area contributed by atoms with Crippen molar-refractivity contribution in [2.75, 3.05) is 39.3 Å². The average Bonchev–Trinajstić information content (AvgIpc) is 3.30. The minimum Gasteiger partial charge on any atom is -0.303 e. The fraction of sp³-hybridized carbons (Fsp3) is 0.739.